The largest absolute Gasteiger partial charge is 0.488 e. The van der Waals surface area contributed by atoms with Crippen LogP contribution in [0.25, 0.3) is 0 Å². The third kappa shape index (κ3) is 3.84. The second kappa shape index (κ2) is 7.32. The average molecular weight is 371 g/mol. The molecule has 1 amide bonds. The third-order valence-corrected chi connectivity index (χ3v) is 5.43. The number of aromatic nitrogens is 1. The lowest BCUT2D eigenvalue weighted by atomic mass is 10.0. The molecule has 2 atom stereocenters. The summed E-state index contributed by atoms with van der Waals surface area (Å²) in [4.78, 5) is 13.8. The van der Waals surface area contributed by atoms with Crippen molar-refractivity contribution in [3.63, 3.8) is 0 Å². The zero-order valence-corrected chi connectivity index (χ0v) is 15.7. The van der Waals surface area contributed by atoms with E-state index in [0.717, 1.165) is 54.2 Å². The van der Waals surface area contributed by atoms with E-state index in [1.54, 1.807) is 0 Å². The van der Waals surface area contributed by atoms with Crippen LogP contribution in [0.15, 0.2) is 22.7 Å². The van der Waals surface area contributed by atoms with Crippen molar-refractivity contribution >= 4 is 11.6 Å². The van der Waals surface area contributed by atoms with Crippen LogP contribution in [0.4, 0.5) is 5.69 Å². The van der Waals surface area contributed by atoms with Gasteiger partial charge in [0.25, 0.3) is 0 Å². The van der Waals surface area contributed by atoms with E-state index in [0.29, 0.717) is 18.7 Å². The number of hydrogen-bond donors (Lipinski definition) is 2. The molecule has 0 spiro atoms. The number of nitrogens with zero attached hydrogens (tertiary/aromatic N) is 2. The predicted octanol–water partition coefficient (Wildman–Crippen LogP) is 2.19. The van der Waals surface area contributed by atoms with Gasteiger partial charge in [0.2, 0.25) is 5.91 Å². The van der Waals surface area contributed by atoms with E-state index in [1.165, 1.54) is 0 Å². The molecular formula is C20H25N3O4. The smallest absolute Gasteiger partial charge is 0.224 e. The molecule has 7 nitrogen and oxygen atoms in total. The normalized spacial score (nSPS) is 23.0. The summed E-state index contributed by atoms with van der Waals surface area (Å²) in [5, 5.41) is 17.5. The lowest BCUT2D eigenvalue weighted by Gasteiger charge is -2.36. The summed E-state index contributed by atoms with van der Waals surface area (Å²) in [6.07, 6.45) is 1.17. The molecule has 0 saturated carbocycles. The Labute approximate surface area is 158 Å². The highest BCUT2D eigenvalue weighted by atomic mass is 16.5. The first-order valence-electron chi connectivity index (χ1n) is 9.41. The highest BCUT2D eigenvalue weighted by Crippen LogP contribution is 2.29. The van der Waals surface area contributed by atoms with Gasteiger partial charge in [-0.1, -0.05) is 11.2 Å². The number of likely N-dealkylation sites (tertiary alicyclic amines) is 1. The summed E-state index contributed by atoms with van der Waals surface area (Å²) >= 11 is 0. The molecule has 144 valence electrons. The monoisotopic (exact) mass is 371 g/mol. The van der Waals surface area contributed by atoms with Crippen molar-refractivity contribution in [2.24, 2.45) is 0 Å². The third-order valence-electron chi connectivity index (χ3n) is 5.43. The van der Waals surface area contributed by atoms with Crippen molar-refractivity contribution in [2.45, 2.75) is 51.9 Å². The van der Waals surface area contributed by atoms with Crippen LogP contribution in [0.3, 0.4) is 0 Å². The van der Waals surface area contributed by atoms with Gasteiger partial charge >= 0.3 is 0 Å². The van der Waals surface area contributed by atoms with Crippen LogP contribution in [-0.2, 0) is 17.8 Å². The Kier molecular flexibility index (Phi) is 4.88. The van der Waals surface area contributed by atoms with Crippen LogP contribution in [0.1, 0.15) is 35.4 Å². The van der Waals surface area contributed by atoms with E-state index >= 15 is 0 Å². The first-order chi connectivity index (χ1) is 13.0. The zero-order valence-electron chi connectivity index (χ0n) is 15.7. The van der Waals surface area contributed by atoms with E-state index in [9.17, 15) is 9.90 Å². The molecule has 2 aliphatic rings. The number of anilines is 1. The number of carbonyl (C=O) groups excluding carboxylic acids is 1. The number of amides is 1. The number of hydrogen-bond acceptors (Lipinski definition) is 6. The number of aliphatic hydroxyl groups excluding tert-OH is 1. The summed E-state index contributed by atoms with van der Waals surface area (Å²) < 4.78 is 11.3. The number of carbonyl (C=O) groups is 1. The van der Waals surface area contributed by atoms with E-state index in [4.69, 9.17) is 9.26 Å². The number of benzene rings is 1. The van der Waals surface area contributed by atoms with Crippen LogP contribution in [0, 0.1) is 13.8 Å². The van der Waals surface area contributed by atoms with Crippen molar-refractivity contribution in [3.8, 4) is 5.75 Å². The number of fused-ring (bicyclic) bond motifs is 1. The Morgan fingerprint density at radius 1 is 1.37 bits per heavy atom. The standard InChI is InChI=1S/C20H25N3O4/c1-12-16(13(2)27-22-12)10-23-8-7-19(18(24)11-23)26-15-5-3-14-4-6-20(25)21-17(14)9-15/h3,5,9,18-19,24H,4,6-8,10-11H2,1-2H3,(H,21,25)/t18-,19-/m1/s1. The fourth-order valence-corrected chi connectivity index (χ4v) is 3.81. The fourth-order valence-electron chi connectivity index (χ4n) is 3.81. The topological polar surface area (TPSA) is 87.8 Å². The number of aryl methyl sites for hydroxylation is 3. The maximum absolute atomic E-state index is 11.6. The maximum Gasteiger partial charge on any atom is 0.224 e. The van der Waals surface area contributed by atoms with E-state index in [1.807, 2.05) is 32.0 Å². The molecule has 27 heavy (non-hydrogen) atoms. The van der Waals surface area contributed by atoms with Crippen molar-refractivity contribution in [2.75, 3.05) is 18.4 Å². The van der Waals surface area contributed by atoms with E-state index in [2.05, 4.69) is 15.4 Å². The molecule has 7 heteroatoms. The van der Waals surface area contributed by atoms with E-state index < -0.39 is 6.10 Å². The Balaban J connectivity index is 1.38. The molecule has 2 aliphatic heterocycles. The summed E-state index contributed by atoms with van der Waals surface area (Å²) in [7, 11) is 0. The summed E-state index contributed by atoms with van der Waals surface area (Å²) in [5.41, 5.74) is 3.93. The zero-order chi connectivity index (χ0) is 19.0. The van der Waals surface area contributed by atoms with Gasteiger partial charge in [0.05, 0.1) is 5.69 Å². The molecule has 2 aromatic rings. The number of β-amino-alcohol motifs (C(OH)–C–C–N with tert-alkyl or cyclic N) is 1. The number of aliphatic hydroxyl groups is 1. The Bertz CT molecular complexity index is 828. The minimum Gasteiger partial charge on any atom is -0.488 e. The molecule has 1 fully saturated rings. The second-order valence-corrected chi connectivity index (χ2v) is 7.42. The SMILES string of the molecule is Cc1noc(C)c1CN1CC[C@@H](Oc2ccc3c(c2)NC(=O)CC3)[C@H](O)C1. The number of piperidine rings is 1. The van der Waals surface area contributed by atoms with Crippen molar-refractivity contribution < 1.29 is 19.2 Å². The van der Waals surface area contributed by atoms with Gasteiger partial charge in [-0.3, -0.25) is 9.69 Å². The predicted molar refractivity (Wildman–Crippen MR) is 99.7 cm³/mol. The molecule has 2 N–H and O–H groups in total. The van der Waals surface area contributed by atoms with Crippen LogP contribution < -0.4 is 10.1 Å². The minimum atomic E-state index is -0.579. The quantitative estimate of drug-likeness (QED) is 0.857. The summed E-state index contributed by atoms with van der Waals surface area (Å²) in [6, 6.07) is 5.76. The molecule has 0 unspecified atom stereocenters. The summed E-state index contributed by atoms with van der Waals surface area (Å²) in [5.74, 6) is 1.54. The maximum atomic E-state index is 11.6. The molecule has 3 heterocycles. The van der Waals surface area contributed by atoms with Gasteiger partial charge in [-0.25, -0.2) is 0 Å². The van der Waals surface area contributed by atoms with Gasteiger partial charge in [-0.05, 0) is 38.3 Å². The Morgan fingerprint density at radius 3 is 2.96 bits per heavy atom. The molecule has 1 aromatic heterocycles. The highest BCUT2D eigenvalue weighted by Gasteiger charge is 2.30. The number of nitrogens with one attached hydrogen (secondary N) is 1. The van der Waals surface area contributed by atoms with E-state index in [-0.39, 0.29) is 12.0 Å². The average Bonchev–Trinajstić information content (AvgIpc) is 2.95. The van der Waals surface area contributed by atoms with Crippen LogP contribution in [-0.4, -0.2) is 46.4 Å². The summed E-state index contributed by atoms with van der Waals surface area (Å²) in [6.45, 7) is 5.93. The Hall–Kier alpha value is -2.38. The first-order valence-corrected chi connectivity index (χ1v) is 9.41. The number of rotatable bonds is 4. The molecular weight excluding hydrogens is 346 g/mol. The van der Waals surface area contributed by atoms with Crippen LogP contribution in [0.5, 0.6) is 5.75 Å². The lowest BCUT2D eigenvalue weighted by molar-refractivity contribution is -0.116. The molecule has 1 saturated heterocycles. The Morgan fingerprint density at radius 2 is 2.22 bits per heavy atom. The lowest BCUT2D eigenvalue weighted by Crippen LogP contribution is -2.48. The number of ether oxygens (including phenoxy) is 1. The van der Waals surface area contributed by atoms with Gasteiger partial charge in [0.15, 0.2) is 0 Å². The van der Waals surface area contributed by atoms with Crippen LogP contribution >= 0.6 is 0 Å². The van der Waals surface area contributed by atoms with Gasteiger partial charge in [-0.15, -0.1) is 0 Å². The van der Waals surface area contributed by atoms with Gasteiger partial charge < -0.3 is 19.7 Å². The molecule has 0 bridgehead atoms. The minimum absolute atomic E-state index is 0.0346. The van der Waals surface area contributed by atoms with Gasteiger partial charge in [-0.2, -0.15) is 0 Å². The van der Waals surface area contributed by atoms with Crippen molar-refractivity contribution in [1.29, 1.82) is 0 Å². The van der Waals surface area contributed by atoms with Crippen LogP contribution in [0.2, 0.25) is 0 Å². The molecule has 4 rings (SSSR count). The second-order valence-electron chi connectivity index (χ2n) is 7.42. The molecule has 0 radical (unpaired) electrons. The van der Waals surface area contributed by atoms with Crippen molar-refractivity contribution in [1.82, 2.24) is 10.1 Å². The fraction of sp³-hybridized carbons (Fsp3) is 0.500. The van der Waals surface area contributed by atoms with Gasteiger partial charge in [0, 0.05) is 43.4 Å². The van der Waals surface area contributed by atoms with Crippen molar-refractivity contribution in [3.05, 3.63) is 40.8 Å². The first kappa shape index (κ1) is 18.0. The molecule has 1 aromatic carbocycles. The van der Waals surface area contributed by atoms with Gasteiger partial charge in [0.1, 0.15) is 23.7 Å². The highest BCUT2D eigenvalue weighted by molar-refractivity contribution is 5.94. The molecule has 0 aliphatic carbocycles.